The highest BCUT2D eigenvalue weighted by Gasteiger charge is 2.47. The summed E-state index contributed by atoms with van der Waals surface area (Å²) in [6.07, 6.45) is 8.38. The van der Waals surface area contributed by atoms with Crippen molar-refractivity contribution in [2.24, 2.45) is 11.8 Å². The van der Waals surface area contributed by atoms with Crippen molar-refractivity contribution in [1.82, 2.24) is 0 Å². The first-order chi connectivity index (χ1) is 8.22. The number of aliphatic hydroxyl groups is 1. The number of ether oxygens (including phenoxy) is 1. The Balaban J connectivity index is 1.76. The van der Waals surface area contributed by atoms with Crippen molar-refractivity contribution in [2.75, 3.05) is 6.61 Å². The van der Waals surface area contributed by atoms with Gasteiger partial charge in [0, 0.05) is 18.9 Å². The minimum atomic E-state index is -0.758. The molecule has 2 rings (SSSR count). The quantitative estimate of drug-likeness (QED) is 0.692. The molecule has 96 valence electrons. The molecule has 0 aromatic carbocycles. The van der Waals surface area contributed by atoms with Crippen LogP contribution in [-0.2, 0) is 9.53 Å². The van der Waals surface area contributed by atoms with Gasteiger partial charge in [-0.3, -0.25) is 4.79 Å². The van der Waals surface area contributed by atoms with Crippen LogP contribution >= 0.6 is 0 Å². The summed E-state index contributed by atoms with van der Waals surface area (Å²) in [7, 11) is 0. The van der Waals surface area contributed by atoms with Crippen molar-refractivity contribution in [2.45, 2.75) is 44.3 Å². The van der Waals surface area contributed by atoms with E-state index in [9.17, 15) is 9.90 Å². The van der Waals surface area contributed by atoms with Crippen molar-refractivity contribution in [3.05, 3.63) is 12.2 Å². The Morgan fingerprint density at radius 2 is 1.94 bits per heavy atom. The molecule has 0 amide bonds. The second kappa shape index (κ2) is 5.65. The van der Waals surface area contributed by atoms with Crippen molar-refractivity contribution < 1.29 is 19.7 Å². The molecule has 2 heterocycles. The smallest absolute Gasteiger partial charge is 0.303 e. The highest BCUT2D eigenvalue weighted by atomic mass is 16.5. The number of aliphatic carboxylic acids is 1. The molecule has 0 aromatic heterocycles. The molecule has 2 saturated heterocycles. The van der Waals surface area contributed by atoms with Gasteiger partial charge >= 0.3 is 5.97 Å². The predicted molar refractivity (Wildman–Crippen MR) is 62.6 cm³/mol. The van der Waals surface area contributed by atoms with E-state index in [2.05, 4.69) is 0 Å². The number of hydrogen-bond acceptors (Lipinski definition) is 3. The predicted octanol–water partition coefficient (Wildman–Crippen LogP) is 1.58. The molecule has 2 aliphatic rings. The number of rotatable bonds is 6. The van der Waals surface area contributed by atoms with Gasteiger partial charge in [0.15, 0.2) is 0 Å². The van der Waals surface area contributed by atoms with Crippen molar-refractivity contribution in [1.29, 1.82) is 0 Å². The topological polar surface area (TPSA) is 66.8 Å². The minimum Gasteiger partial charge on any atom is -0.481 e. The van der Waals surface area contributed by atoms with Crippen LogP contribution in [0.4, 0.5) is 0 Å². The van der Waals surface area contributed by atoms with Crippen LogP contribution in [0.2, 0.25) is 0 Å². The molecule has 17 heavy (non-hydrogen) atoms. The van der Waals surface area contributed by atoms with E-state index >= 15 is 0 Å². The standard InChI is InChI=1S/C13H20O4/c14-8-10-9(11-6-7-12(10)17-11)4-2-1-3-5-13(15)16/h1-2,9-12,14H,3-8H2,(H,15,16)/b2-1-/t9-,10+,11+,12-/m1/s1. The third-order valence-corrected chi connectivity index (χ3v) is 3.90. The van der Waals surface area contributed by atoms with Crippen LogP contribution in [0.3, 0.4) is 0 Å². The van der Waals surface area contributed by atoms with Gasteiger partial charge in [-0.25, -0.2) is 0 Å². The Labute approximate surface area is 101 Å². The Hall–Kier alpha value is -0.870. The van der Waals surface area contributed by atoms with Gasteiger partial charge in [-0.1, -0.05) is 12.2 Å². The molecule has 0 spiro atoms. The number of carboxylic acid groups (broad SMARTS) is 1. The van der Waals surface area contributed by atoms with Gasteiger partial charge in [0.05, 0.1) is 12.2 Å². The highest BCUT2D eigenvalue weighted by molar-refractivity contribution is 5.66. The first kappa shape index (κ1) is 12.6. The second-order valence-electron chi connectivity index (χ2n) is 4.94. The summed E-state index contributed by atoms with van der Waals surface area (Å²) in [4.78, 5) is 10.3. The molecular weight excluding hydrogens is 220 g/mol. The fraction of sp³-hybridized carbons (Fsp3) is 0.769. The average molecular weight is 240 g/mol. The monoisotopic (exact) mass is 240 g/mol. The lowest BCUT2D eigenvalue weighted by molar-refractivity contribution is -0.136. The van der Waals surface area contributed by atoms with Crippen LogP contribution < -0.4 is 0 Å². The lowest BCUT2D eigenvalue weighted by Gasteiger charge is -2.25. The normalized spacial score (nSPS) is 35.8. The summed E-state index contributed by atoms with van der Waals surface area (Å²) in [6.45, 7) is 0.203. The molecule has 2 aliphatic heterocycles. The van der Waals surface area contributed by atoms with Gasteiger partial charge in [0.25, 0.3) is 0 Å². The number of allylic oxidation sites excluding steroid dienone is 2. The maximum absolute atomic E-state index is 10.3. The molecule has 0 unspecified atom stereocenters. The van der Waals surface area contributed by atoms with Crippen LogP contribution in [0, 0.1) is 11.8 Å². The molecule has 4 heteroatoms. The lowest BCUT2D eigenvalue weighted by atomic mass is 9.78. The number of fused-ring (bicyclic) bond motifs is 2. The van der Waals surface area contributed by atoms with Gasteiger partial charge in [-0.05, 0) is 31.6 Å². The van der Waals surface area contributed by atoms with E-state index in [1.165, 1.54) is 0 Å². The van der Waals surface area contributed by atoms with Crippen molar-refractivity contribution >= 4 is 5.97 Å². The summed E-state index contributed by atoms with van der Waals surface area (Å²) >= 11 is 0. The molecule has 2 fully saturated rings. The summed E-state index contributed by atoms with van der Waals surface area (Å²) in [5.41, 5.74) is 0. The van der Waals surface area contributed by atoms with Crippen LogP contribution in [-0.4, -0.2) is 35.0 Å². The summed E-state index contributed by atoms with van der Waals surface area (Å²) in [5.74, 6) is -0.0659. The molecule has 0 aromatic rings. The average Bonchev–Trinajstić information content (AvgIpc) is 2.88. The number of hydrogen-bond donors (Lipinski definition) is 2. The van der Waals surface area contributed by atoms with Crippen LogP contribution in [0.5, 0.6) is 0 Å². The Bertz CT molecular complexity index is 300. The largest absolute Gasteiger partial charge is 0.481 e. The van der Waals surface area contributed by atoms with Gasteiger partial charge in [-0.15, -0.1) is 0 Å². The third kappa shape index (κ3) is 2.87. The lowest BCUT2D eigenvalue weighted by Crippen LogP contribution is -2.29. The number of aliphatic hydroxyl groups excluding tert-OH is 1. The van der Waals surface area contributed by atoms with Gasteiger partial charge in [0.2, 0.25) is 0 Å². The van der Waals surface area contributed by atoms with Crippen molar-refractivity contribution in [3.8, 4) is 0 Å². The Morgan fingerprint density at radius 1 is 1.24 bits per heavy atom. The van der Waals surface area contributed by atoms with Gasteiger partial charge < -0.3 is 14.9 Å². The maximum atomic E-state index is 10.3. The van der Waals surface area contributed by atoms with E-state index in [0.717, 1.165) is 19.3 Å². The van der Waals surface area contributed by atoms with Gasteiger partial charge in [-0.2, -0.15) is 0 Å². The van der Waals surface area contributed by atoms with Gasteiger partial charge in [0.1, 0.15) is 0 Å². The first-order valence-corrected chi connectivity index (χ1v) is 6.35. The first-order valence-electron chi connectivity index (χ1n) is 6.35. The van der Waals surface area contributed by atoms with E-state index in [1.54, 1.807) is 0 Å². The summed E-state index contributed by atoms with van der Waals surface area (Å²) in [6, 6.07) is 0. The van der Waals surface area contributed by atoms with E-state index in [0.29, 0.717) is 18.4 Å². The maximum Gasteiger partial charge on any atom is 0.303 e. The molecule has 0 saturated carbocycles. The molecule has 0 radical (unpaired) electrons. The summed E-state index contributed by atoms with van der Waals surface area (Å²) in [5, 5.41) is 17.9. The molecular formula is C13H20O4. The Kier molecular flexibility index (Phi) is 4.18. The Morgan fingerprint density at radius 3 is 2.59 bits per heavy atom. The zero-order chi connectivity index (χ0) is 12.3. The van der Waals surface area contributed by atoms with E-state index in [4.69, 9.17) is 9.84 Å². The number of carboxylic acids is 1. The minimum absolute atomic E-state index is 0.188. The zero-order valence-corrected chi connectivity index (χ0v) is 9.92. The molecule has 0 aliphatic carbocycles. The highest BCUT2D eigenvalue weighted by Crippen LogP contribution is 2.44. The van der Waals surface area contributed by atoms with E-state index in [1.807, 2.05) is 12.2 Å². The van der Waals surface area contributed by atoms with Crippen LogP contribution in [0.25, 0.3) is 0 Å². The zero-order valence-electron chi connectivity index (χ0n) is 9.92. The second-order valence-corrected chi connectivity index (χ2v) is 4.94. The van der Waals surface area contributed by atoms with E-state index in [-0.39, 0.29) is 25.0 Å². The molecule has 4 atom stereocenters. The van der Waals surface area contributed by atoms with Crippen LogP contribution in [0.15, 0.2) is 12.2 Å². The summed E-state index contributed by atoms with van der Waals surface area (Å²) < 4.78 is 5.80. The number of carbonyl (C=O) groups is 1. The van der Waals surface area contributed by atoms with E-state index < -0.39 is 5.97 Å². The SMILES string of the molecule is O=C(O)CC/C=C\C[C@@H]1[C@H](CO)[C@H]2CC[C@@H]1O2. The van der Waals surface area contributed by atoms with Crippen molar-refractivity contribution in [3.63, 3.8) is 0 Å². The van der Waals surface area contributed by atoms with Crippen LogP contribution in [0.1, 0.15) is 32.1 Å². The fourth-order valence-corrected chi connectivity index (χ4v) is 3.03. The molecule has 2 N–H and O–H groups in total. The molecule has 2 bridgehead atoms. The molecule has 4 nitrogen and oxygen atoms in total. The fourth-order valence-electron chi connectivity index (χ4n) is 3.03. The third-order valence-electron chi connectivity index (χ3n) is 3.90.